The monoisotopic (exact) mass is 233 g/mol. The summed E-state index contributed by atoms with van der Waals surface area (Å²) < 4.78 is 0. The number of aliphatic hydroxyl groups is 1. The maximum absolute atomic E-state index is 9.19. The fourth-order valence-electron chi connectivity index (χ4n) is 2.71. The van der Waals surface area contributed by atoms with Crippen molar-refractivity contribution in [1.82, 2.24) is 9.97 Å². The summed E-state index contributed by atoms with van der Waals surface area (Å²) in [5, 5.41) is 9.19. The molecule has 0 amide bonds. The Balaban J connectivity index is 1.94. The van der Waals surface area contributed by atoms with Gasteiger partial charge < -0.3 is 10.0 Å². The molecule has 0 unspecified atom stereocenters. The Hall–Kier alpha value is -1.16. The van der Waals surface area contributed by atoms with Gasteiger partial charge in [0, 0.05) is 23.8 Å². The Bertz CT molecular complexity index is 404. The first-order chi connectivity index (χ1) is 8.40. The van der Waals surface area contributed by atoms with Gasteiger partial charge in [-0.3, -0.25) is 0 Å². The topological polar surface area (TPSA) is 49.2 Å². The molecular formula is C13H19N3O. The zero-order valence-corrected chi connectivity index (χ0v) is 10.1. The normalized spacial score (nSPS) is 18.9. The molecule has 0 aromatic carbocycles. The van der Waals surface area contributed by atoms with E-state index >= 15 is 0 Å². The van der Waals surface area contributed by atoms with Crippen LogP contribution in [0.4, 0.5) is 5.82 Å². The molecule has 0 spiro atoms. The molecule has 1 N–H and O–H groups in total. The number of nitrogens with zero attached hydrogens (tertiary/aromatic N) is 3. The van der Waals surface area contributed by atoms with Crippen LogP contribution in [0.5, 0.6) is 0 Å². The zero-order chi connectivity index (χ0) is 11.7. The Labute approximate surface area is 102 Å². The molecular weight excluding hydrogens is 214 g/mol. The van der Waals surface area contributed by atoms with Crippen molar-refractivity contribution in [3.8, 4) is 0 Å². The third-order valence-electron chi connectivity index (χ3n) is 3.70. The summed E-state index contributed by atoms with van der Waals surface area (Å²) >= 11 is 0. The third-order valence-corrected chi connectivity index (χ3v) is 3.70. The standard InChI is InChI=1S/C13H19N3O/c17-8-7-16(10-5-6-10)13-11-3-1-2-4-12(11)14-9-15-13/h9-10,17H,1-8H2. The lowest BCUT2D eigenvalue weighted by molar-refractivity contribution is 0.301. The van der Waals surface area contributed by atoms with E-state index < -0.39 is 0 Å². The van der Waals surface area contributed by atoms with Crippen molar-refractivity contribution in [2.45, 2.75) is 44.6 Å². The number of aliphatic hydroxyl groups excluding tert-OH is 1. The second-order valence-electron chi connectivity index (χ2n) is 4.98. The molecule has 0 atom stereocenters. The van der Waals surface area contributed by atoms with Crippen LogP contribution < -0.4 is 4.90 Å². The average Bonchev–Trinajstić information content (AvgIpc) is 3.20. The van der Waals surface area contributed by atoms with E-state index in [-0.39, 0.29) is 6.61 Å². The number of aryl methyl sites for hydroxylation is 1. The maximum atomic E-state index is 9.19. The highest BCUT2D eigenvalue weighted by atomic mass is 16.3. The summed E-state index contributed by atoms with van der Waals surface area (Å²) in [6.45, 7) is 0.906. The van der Waals surface area contributed by atoms with Gasteiger partial charge in [-0.25, -0.2) is 9.97 Å². The van der Waals surface area contributed by atoms with Crippen LogP contribution in [0.15, 0.2) is 6.33 Å². The minimum atomic E-state index is 0.204. The number of rotatable bonds is 4. The van der Waals surface area contributed by atoms with Gasteiger partial charge >= 0.3 is 0 Å². The first-order valence-corrected chi connectivity index (χ1v) is 6.60. The Morgan fingerprint density at radius 3 is 2.82 bits per heavy atom. The van der Waals surface area contributed by atoms with Crippen molar-refractivity contribution < 1.29 is 5.11 Å². The summed E-state index contributed by atoms with van der Waals surface area (Å²) in [5.74, 6) is 1.09. The van der Waals surface area contributed by atoms with Gasteiger partial charge in [-0.1, -0.05) is 0 Å². The van der Waals surface area contributed by atoms with Crippen LogP contribution in [0.3, 0.4) is 0 Å². The van der Waals surface area contributed by atoms with Gasteiger partial charge in [-0.15, -0.1) is 0 Å². The molecule has 2 aliphatic rings. The molecule has 1 saturated carbocycles. The number of aromatic nitrogens is 2. The lowest BCUT2D eigenvalue weighted by Crippen LogP contribution is -2.31. The van der Waals surface area contributed by atoms with E-state index in [4.69, 9.17) is 0 Å². The number of anilines is 1. The predicted molar refractivity (Wildman–Crippen MR) is 66.1 cm³/mol. The molecule has 0 bridgehead atoms. The quantitative estimate of drug-likeness (QED) is 0.852. The molecule has 92 valence electrons. The highest BCUT2D eigenvalue weighted by Crippen LogP contribution is 2.34. The molecule has 4 heteroatoms. The van der Waals surface area contributed by atoms with Gasteiger partial charge in [0.15, 0.2) is 0 Å². The maximum Gasteiger partial charge on any atom is 0.135 e. The Morgan fingerprint density at radius 2 is 2.06 bits per heavy atom. The van der Waals surface area contributed by atoms with Crippen LogP contribution in [-0.4, -0.2) is 34.3 Å². The lowest BCUT2D eigenvalue weighted by Gasteiger charge is -2.27. The summed E-state index contributed by atoms with van der Waals surface area (Å²) in [4.78, 5) is 11.2. The van der Waals surface area contributed by atoms with Gasteiger partial charge in [0.1, 0.15) is 12.1 Å². The summed E-state index contributed by atoms with van der Waals surface area (Å²) in [6, 6.07) is 0.600. The van der Waals surface area contributed by atoms with Gasteiger partial charge in [0.2, 0.25) is 0 Å². The van der Waals surface area contributed by atoms with Gasteiger partial charge in [-0.05, 0) is 38.5 Å². The smallest absolute Gasteiger partial charge is 0.135 e. The molecule has 2 aliphatic carbocycles. The van der Waals surface area contributed by atoms with Crippen molar-refractivity contribution in [2.24, 2.45) is 0 Å². The summed E-state index contributed by atoms with van der Waals surface area (Å²) in [5.41, 5.74) is 2.56. The summed E-state index contributed by atoms with van der Waals surface area (Å²) in [6.07, 6.45) is 8.82. The second-order valence-corrected chi connectivity index (χ2v) is 4.98. The molecule has 1 heterocycles. The van der Waals surface area contributed by atoms with Gasteiger partial charge in [-0.2, -0.15) is 0 Å². The Kier molecular flexibility index (Phi) is 2.97. The highest BCUT2D eigenvalue weighted by Gasteiger charge is 2.31. The Morgan fingerprint density at radius 1 is 1.24 bits per heavy atom. The first kappa shape index (κ1) is 11.0. The molecule has 4 nitrogen and oxygen atoms in total. The zero-order valence-electron chi connectivity index (χ0n) is 10.1. The number of fused-ring (bicyclic) bond motifs is 1. The van der Waals surface area contributed by atoms with Crippen molar-refractivity contribution >= 4 is 5.82 Å². The van der Waals surface area contributed by atoms with E-state index in [1.54, 1.807) is 6.33 Å². The first-order valence-electron chi connectivity index (χ1n) is 6.60. The van der Waals surface area contributed by atoms with Crippen LogP contribution in [0, 0.1) is 0 Å². The molecule has 1 aromatic heterocycles. The van der Waals surface area contributed by atoms with E-state index in [1.807, 2.05) is 0 Å². The van der Waals surface area contributed by atoms with Crippen molar-refractivity contribution in [1.29, 1.82) is 0 Å². The van der Waals surface area contributed by atoms with Crippen molar-refractivity contribution in [2.75, 3.05) is 18.1 Å². The number of hydrogen-bond donors (Lipinski definition) is 1. The molecule has 0 radical (unpaired) electrons. The molecule has 1 aromatic rings. The fraction of sp³-hybridized carbons (Fsp3) is 0.692. The van der Waals surface area contributed by atoms with E-state index in [9.17, 15) is 5.11 Å². The lowest BCUT2D eigenvalue weighted by atomic mass is 9.96. The van der Waals surface area contributed by atoms with E-state index in [2.05, 4.69) is 14.9 Å². The van der Waals surface area contributed by atoms with Crippen LogP contribution in [-0.2, 0) is 12.8 Å². The van der Waals surface area contributed by atoms with Crippen molar-refractivity contribution in [3.63, 3.8) is 0 Å². The fourth-order valence-corrected chi connectivity index (χ4v) is 2.71. The largest absolute Gasteiger partial charge is 0.395 e. The molecule has 17 heavy (non-hydrogen) atoms. The van der Waals surface area contributed by atoms with Crippen LogP contribution >= 0.6 is 0 Å². The van der Waals surface area contributed by atoms with Crippen molar-refractivity contribution in [3.05, 3.63) is 17.6 Å². The van der Waals surface area contributed by atoms with Crippen LogP contribution in [0.25, 0.3) is 0 Å². The minimum absolute atomic E-state index is 0.204. The predicted octanol–water partition coefficient (Wildman–Crippen LogP) is 1.32. The van der Waals surface area contributed by atoms with Gasteiger partial charge in [0.05, 0.1) is 6.61 Å². The molecule has 0 aliphatic heterocycles. The SMILES string of the molecule is OCCN(c1ncnc2c1CCCC2)C1CC1. The third kappa shape index (κ3) is 2.14. The summed E-state index contributed by atoms with van der Waals surface area (Å²) in [7, 11) is 0. The minimum Gasteiger partial charge on any atom is -0.395 e. The average molecular weight is 233 g/mol. The van der Waals surface area contributed by atoms with E-state index in [1.165, 1.54) is 36.9 Å². The van der Waals surface area contributed by atoms with E-state index in [0.29, 0.717) is 12.6 Å². The second kappa shape index (κ2) is 4.61. The number of hydrogen-bond acceptors (Lipinski definition) is 4. The van der Waals surface area contributed by atoms with Crippen LogP contribution in [0.1, 0.15) is 36.9 Å². The molecule has 0 saturated heterocycles. The van der Waals surface area contributed by atoms with Crippen LogP contribution in [0.2, 0.25) is 0 Å². The van der Waals surface area contributed by atoms with E-state index in [0.717, 1.165) is 18.7 Å². The molecule has 3 rings (SSSR count). The highest BCUT2D eigenvalue weighted by molar-refractivity contribution is 5.51. The molecule has 1 fully saturated rings. The van der Waals surface area contributed by atoms with Gasteiger partial charge in [0.25, 0.3) is 0 Å².